The third-order valence-electron chi connectivity index (χ3n) is 4.42. The topological polar surface area (TPSA) is 59.5 Å². The number of halogens is 1. The van der Waals surface area contributed by atoms with Crippen molar-refractivity contribution in [3.05, 3.63) is 65.1 Å². The Morgan fingerprint density at radius 3 is 2.62 bits per heavy atom. The van der Waals surface area contributed by atoms with Crippen LogP contribution in [-0.4, -0.2) is 36.9 Å². The number of nitrogens with zero attached hydrogens (tertiary/aromatic N) is 2. The fraction of sp³-hybridized carbons (Fsp3) is 0.211. The maximum atomic E-state index is 12.8. The molecule has 2 aromatic carbocycles. The van der Waals surface area contributed by atoms with Gasteiger partial charge in [-0.1, -0.05) is 34.1 Å². The van der Waals surface area contributed by atoms with E-state index in [1.165, 1.54) is 4.31 Å². The predicted molar refractivity (Wildman–Crippen MR) is 104 cm³/mol. The zero-order valence-corrected chi connectivity index (χ0v) is 16.3. The normalized spacial score (nSPS) is 18.3. The number of benzene rings is 2. The summed E-state index contributed by atoms with van der Waals surface area (Å²) < 4.78 is 33.8. The third kappa shape index (κ3) is 3.47. The van der Waals surface area contributed by atoms with Gasteiger partial charge in [-0.2, -0.15) is 4.31 Å². The van der Waals surface area contributed by atoms with E-state index < -0.39 is 10.0 Å². The number of para-hydroxylation sites is 1. The number of fused-ring (bicyclic) bond motifs is 1. The molecule has 26 heavy (non-hydrogen) atoms. The van der Waals surface area contributed by atoms with Gasteiger partial charge in [0, 0.05) is 22.5 Å². The molecule has 134 valence electrons. The van der Waals surface area contributed by atoms with Crippen LogP contribution in [0.5, 0.6) is 5.88 Å². The lowest BCUT2D eigenvalue weighted by Gasteiger charge is -2.17. The van der Waals surface area contributed by atoms with Gasteiger partial charge >= 0.3 is 0 Å². The molecule has 3 aromatic rings. The standard InChI is InChI=1S/C19H17BrN2O3S/c20-15-6-8-17(9-7-15)26(23,24)22-12-11-16(13-22)25-19-10-5-14-3-1-2-4-18(14)21-19/h1-10,16H,11-13H2. The second-order valence-corrected chi connectivity index (χ2v) is 9.04. The largest absolute Gasteiger partial charge is 0.473 e. The molecule has 0 saturated carbocycles. The Morgan fingerprint density at radius 2 is 1.81 bits per heavy atom. The van der Waals surface area contributed by atoms with E-state index in [0.29, 0.717) is 30.3 Å². The molecule has 1 unspecified atom stereocenters. The molecule has 0 radical (unpaired) electrons. The molecule has 0 aliphatic carbocycles. The van der Waals surface area contributed by atoms with Crippen LogP contribution >= 0.6 is 15.9 Å². The molecule has 1 fully saturated rings. The first-order chi connectivity index (χ1) is 12.5. The van der Waals surface area contributed by atoms with Crippen LogP contribution in [0.2, 0.25) is 0 Å². The van der Waals surface area contributed by atoms with E-state index in [1.54, 1.807) is 24.3 Å². The highest BCUT2D eigenvalue weighted by Gasteiger charge is 2.33. The van der Waals surface area contributed by atoms with Crippen LogP contribution in [0, 0.1) is 0 Å². The van der Waals surface area contributed by atoms with Gasteiger partial charge in [-0.25, -0.2) is 13.4 Å². The zero-order chi connectivity index (χ0) is 18.1. The Labute approximate surface area is 160 Å². The molecular formula is C19H17BrN2O3S. The Balaban J connectivity index is 1.48. The average Bonchev–Trinajstić information content (AvgIpc) is 3.11. The number of sulfonamides is 1. The highest BCUT2D eigenvalue weighted by molar-refractivity contribution is 9.10. The van der Waals surface area contributed by atoms with Crippen molar-refractivity contribution in [2.75, 3.05) is 13.1 Å². The molecule has 4 rings (SSSR count). The molecule has 1 aliphatic heterocycles. The van der Waals surface area contributed by atoms with Crippen LogP contribution in [0.4, 0.5) is 0 Å². The van der Waals surface area contributed by atoms with Crippen LogP contribution in [0.15, 0.2) is 70.0 Å². The minimum absolute atomic E-state index is 0.200. The summed E-state index contributed by atoms with van der Waals surface area (Å²) in [5, 5.41) is 1.05. The molecule has 1 aromatic heterocycles. The average molecular weight is 433 g/mol. The van der Waals surface area contributed by atoms with Gasteiger partial charge in [0.2, 0.25) is 15.9 Å². The van der Waals surface area contributed by atoms with Crippen molar-refractivity contribution in [2.45, 2.75) is 17.4 Å². The van der Waals surface area contributed by atoms with Gasteiger partial charge in [0.05, 0.1) is 17.0 Å². The third-order valence-corrected chi connectivity index (χ3v) is 6.83. The number of pyridine rings is 1. The van der Waals surface area contributed by atoms with Crippen LogP contribution in [-0.2, 0) is 10.0 Å². The maximum Gasteiger partial charge on any atom is 0.243 e. The SMILES string of the molecule is O=S(=O)(c1ccc(Br)cc1)N1CCC(Oc2ccc3ccccc3n2)C1. The van der Waals surface area contributed by atoms with E-state index in [0.717, 1.165) is 15.4 Å². The lowest BCUT2D eigenvalue weighted by atomic mass is 10.2. The molecule has 1 aliphatic rings. The van der Waals surface area contributed by atoms with E-state index in [1.807, 2.05) is 36.4 Å². The number of hydrogen-bond acceptors (Lipinski definition) is 4. The smallest absolute Gasteiger partial charge is 0.243 e. The van der Waals surface area contributed by atoms with E-state index >= 15 is 0 Å². The quantitative estimate of drug-likeness (QED) is 0.628. The second kappa shape index (κ2) is 6.98. The van der Waals surface area contributed by atoms with Crippen molar-refractivity contribution in [3.8, 4) is 5.88 Å². The molecule has 1 atom stereocenters. The van der Waals surface area contributed by atoms with Crippen LogP contribution in [0.1, 0.15) is 6.42 Å². The van der Waals surface area contributed by atoms with Crippen molar-refractivity contribution < 1.29 is 13.2 Å². The summed E-state index contributed by atoms with van der Waals surface area (Å²) in [6, 6.07) is 18.3. The summed E-state index contributed by atoms with van der Waals surface area (Å²) in [5.41, 5.74) is 0.863. The van der Waals surface area contributed by atoms with Crippen molar-refractivity contribution >= 4 is 36.9 Å². The zero-order valence-electron chi connectivity index (χ0n) is 13.9. The second-order valence-electron chi connectivity index (χ2n) is 6.19. The van der Waals surface area contributed by atoms with Crippen LogP contribution in [0.3, 0.4) is 0 Å². The first-order valence-corrected chi connectivity index (χ1v) is 10.5. The summed E-state index contributed by atoms with van der Waals surface area (Å²) in [5.74, 6) is 0.525. The lowest BCUT2D eigenvalue weighted by molar-refractivity contribution is 0.207. The predicted octanol–water partition coefficient (Wildman–Crippen LogP) is 3.84. The van der Waals surface area contributed by atoms with Crippen molar-refractivity contribution in [3.63, 3.8) is 0 Å². The van der Waals surface area contributed by atoms with Crippen LogP contribution < -0.4 is 4.74 Å². The minimum atomic E-state index is -3.50. The molecule has 7 heteroatoms. The van der Waals surface area contributed by atoms with Crippen molar-refractivity contribution in [1.29, 1.82) is 0 Å². The van der Waals surface area contributed by atoms with Crippen molar-refractivity contribution in [2.24, 2.45) is 0 Å². The molecule has 1 saturated heterocycles. The molecule has 5 nitrogen and oxygen atoms in total. The first kappa shape index (κ1) is 17.5. The summed E-state index contributed by atoms with van der Waals surface area (Å²) in [4.78, 5) is 4.79. The molecule has 0 N–H and O–H groups in total. The maximum absolute atomic E-state index is 12.8. The van der Waals surface area contributed by atoms with Gasteiger partial charge in [0.25, 0.3) is 0 Å². The number of hydrogen-bond donors (Lipinski definition) is 0. The van der Waals surface area contributed by atoms with E-state index in [9.17, 15) is 8.42 Å². The van der Waals surface area contributed by atoms with E-state index in [-0.39, 0.29) is 6.10 Å². The number of ether oxygens (including phenoxy) is 1. The van der Waals surface area contributed by atoms with Crippen LogP contribution in [0.25, 0.3) is 10.9 Å². The molecule has 2 heterocycles. The van der Waals surface area contributed by atoms with E-state index in [2.05, 4.69) is 20.9 Å². The Kier molecular flexibility index (Phi) is 4.69. The fourth-order valence-electron chi connectivity index (χ4n) is 3.05. The molecule has 0 amide bonds. The van der Waals surface area contributed by atoms with Gasteiger partial charge in [0.1, 0.15) is 6.10 Å². The first-order valence-electron chi connectivity index (χ1n) is 8.30. The molecule has 0 spiro atoms. The fourth-order valence-corrected chi connectivity index (χ4v) is 4.80. The number of rotatable bonds is 4. The Bertz CT molecular complexity index is 1040. The molecule has 0 bridgehead atoms. The van der Waals surface area contributed by atoms with Gasteiger partial charge in [-0.15, -0.1) is 0 Å². The highest BCUT2D eigenvalue weighted by atomic mass is 79.9. The summed E-state index contributed by atoms with van der Waals surface area (Å²) in [6.07, 6.45) is 0.443. The Morgan fingerprint density at radius 1 is 1.04 bits per heavy atom. The highest BCUT2D eigenvalue weighted by Crippen LogP contribution is 2.25. The summed E-state index contributed by atoms with van der Waals surface area (Å²) in [6.45, 7) is 0.767. The molecular weight excluding hydrogens is 416 g/mol. The van der Waals surface area contributed by atoms with Gasteiger partial charge in [-0.05, 0) is 42.8 Å². The summed E-state index contributed by atoms with van der Waals surface area (Å²) in [7, 11) is -3.50. The monoisotopic (exact) mass is 432 g/mol. The van der Waals surface area contributed by atoms with Gasteiger partial charge < -0.3 is 4.74 Å². The van der Waals surface area contributed by atoms with E-state index in [4.69, 9.17) is 4.74 Å². The minimum Gasteiger partial charge on any atom is -0.473 e. The summed E-state index contributed by atoms with van der Waals surface area (Å²) >= 11 is 3.32. The van der Waals surface area contributed by atoms with Crippen molar-refractivity contribution in [1.82, 2.24) is 9.29 Å². The van der Waals surface area contributed by atoms with Gasteiger partial charge in [-0.3, -0.25) is 0 Å². The van der Waals surface area contributed by atoms with Gasteiger partial charge in [0.15, 0.2) is 0 Å². The number of aromatic nitrogens is 1. The lowest BCUT2D eigenvalue weighted by Crippen LogP contribution is -2.31. The Hall–Kier alpha value is -1.96.